The molecule has 0 amide bonds. The largest absolute Gasteiger partial charge is 0.313 e. The monoisotopic (exact) mass is 619 g/mol. The van der Waals surface area contributed by atoms with E-state index in [2.05, 4.69) is 170 Å². The van der Waals surface area contributed by atoms with Crippen LogP contribution >= 0.6 is 0 Å². The molecule has 0 bridgehead atoms. The van der Waals surface area contributed by atoms with Crippen molar-refractivity contribution < 1.29 is 0 Å². The summed E-state index contributed by atoms with van der Waals surface area (Å²) in [5.41, 5.74) is 15.1. The number of anilines is 3. The summed E-state index contributed by atoms with van der Waals surface area (Å²) >= 11 is 0. The summed E-state index contributed by atoms with van der Waals surface area (Å²) in [6.07, 6.45) is 7.59. The Morgan fingerprint density at radius 3 is 2.23 bits per heavy atom. The normalized spacial score (nSPS) is 15.6. The van der Waals surface area contributed by atoms with Gasteiger partial charge in [0.2, 0.25) is 0 Å². The molecule has 0 N–H and O–H groups in total. The van der Waals surface area contributed by atoms with Crippen molar-refractivity contribution in [2.45, 2.75) is 32.6 Å². The number of hydrogen-bond acceptors (Lipinski definition) is 2. The fraction of sp³-hybridized carbons (Fsp3) is 0.133. The van der Waals surface area contributed by atoms with Gasteiger partial charge in [-0.1, -0.05) is 106 Å². The highest BCUT2D eigenvalue weighted by molar-refractivity contribution is 5.96. The molecule has 7 aromatic rings. The lowest BCUT2D eigenvalue weighted by molar-refractivity contribution is 0.660. The van der Waals surface area contributed by atoms with Crippen LogP contribution in [0.4, 0.5) is 17.2 Å². The quantitative estimate of drug-likeness (QED) is 0.191. The third-order valence-corrected chi connectivity index (χ3v) is 10.4. The molecular formula is C45H37N3. The lowest BCUT2D eigenvalue weighted by atomic mass is 9.82. The predicted molar refractivity (Wildman–Crippen MR) is 201 cm³/mol. The molecular weight excluding hydrogens is 583 g/mol. The molecule has 0 aliphatic heterocycles. The zero-order valence-electron chi connectivity index (χ0n) is 27.6. The van der Waals surface area contributed by atoms with Crippen molar-refractivity contribution in [1.29, 1.82) is 0 Å². The van der Waals surface area contributed by atoms with Crippen LogP contribution in [0.25, 0.3) is 44.9 Å². The molecule has 3 nitrogen and oxygen atoms in total. The van der Waals surface area contributed by atoms with Gasteiger partial charge in [-0.25, -0.2) is 4.98 Å². The number of aromatic nitrogens is 2. The Balaban J connectivity index is 1.12. The van der Waals surface area contributed by atoms with Gasteiger partial charge in [-0.15, -0.1) is 0 Å². The van der Waals surface area contributed by atoms with Crippen molar-refractivity contribution in [1.82, 2.24) is 9.55 Å². The molecule has 5 aromatic carbocycles. The van der Waals surface area contributed by atoms with E-state index < -0.39 is 0 Å². The van der Waals surface area contributed by atoms with Gasteiger partial charge in [0.05, 0.1) is 5.52 Å². The Labute approximate surface area is 282 Å². The molecule has 0 spiro atoms. The maximum absolute atomic E-state index is 4.81. The Hall–Kier alpha value is -5.67. The van der Waals surface area contributed by atoms with Crippen LogP contribution in [0.2, 0.25) is 0 Å². The fourth-order valence-electron chi connectivity index (χ4n) is 7.97. The Morgan fingerprint density at radius 1 is 0.688 bits per heavy atom. The summed E-state index contributed by atoms with van der Waals surface area (Å²) in [4.78, 5) is 7.08. The third kappa shape index (κ3) is 4.46. The number of benzene rings is 5. The molecule has 2 aromatic heterocycles. The van der Waals surface area contributed by atoms with Crippen molar-refractivity contribution >= 4 is 34.2 Å². The first-order valence-corrected chi connectivity index (χ1v) is 16.9. The van der Waals surface area contributed by atoms with Gasteiger partial charge in [0.1, 0.15) is 5.82 Å². The Morgan fingerprint density at radius 2 is 1.42 bits per heavy atom. The highest BCUT2D eigenvalue weighted by Crippen LogP contribution is 2.50. The van der Waals surface area contributed by atoms with Crippen molar-refractivity contribution in [3.8, 4) is 27.9 Å². The van der Waals surface area contributed by atoms with Crippen LogP contribution in [0.1, 0.15) is 43.2 Å². The van der Waals surface area contributed by atoms with E-state index in [-0.39, 0.29) is 5.41 Å². The van der Waals surface area contributed by atoms with Gasteiger partial charge in [0.25, 0.3) is 0 Å². The number of allylic oxidation sites excluding steroid dienone is 1. The van der Waals surface area contributed by atoms with Crippen LogP contribution in [-0.4, -0.2) is 9.55 Å². The van der Waals surface area contributed by atoms with Crippen LogP contribution in [-0.2, 0) is 11.8 Å². The minimum Gasteiger partial charge on any atom is -0.313 e. The highest BCUT2D eigenvalue weighted by Gasteiger charge is 2.35. The molecule has 1 atom stereocenters. The van der Waals surface area contributed by atoms with Crippen molar-refractivity contribution in [2.75, 3.05) is 4.90 Å². The standard InChI is InChI=1S/C45H37N3/c1-30-16-23-38-39-28-32(19-25-42(39)48(43(38)27-30)33-11-5-4-6-12-33)31-17-20-34(21-18-31)47(44-15-9-10-26-46-44)35-22-24-37-36-13-7-8-14-40(36)45(2,3)41(37)29-35/h4-26,28-30H,27H2,1-3H3. The predicted octanol–water partition coefficient (Wildman–Crippen LogP) is 11.7. The van der Waals surface area contributed by atoms with Crippen molar-refractivity contribution in [3.63, 3.8) is 0 Å². The number of para-hydroxylation sites is 1. The average Bonchev–Trinajstić information content (AvgIpc) is 3.57. The van der Waals surface area contributed by atoms with E-state index in [1.165, 1.54) is 61.2 Å². The first-order valence-electron chi connectivity index (χ1n) is 16.9. The van der Waals surface area contributed by atoms with E-state index in [0.29, 0.717) is 5.92 Å². The van der Waals surface area contributed by atoms with Gasteiger partial charge in [-0.2, -0.15) is 0 Å². The van der Waals surface area contributed by atoms with Gasteiger partial charge in [-0.3, -0.25) is 4.90 Å². The molecule has 0 fully saturated rings. The van der Waals surface area contributed by atoms with Gasteiger partial charge in [-0.05, 0) is 106 Å². The molecule has 232 valence electrons. The van der Waals surface area contributed by atoms with E-state index in [4.69, 9.17) is 4.98 Å². The minimum atomic E-state index is -0.0773. The van der Waals surface area contributed by atoms with E-state index >= 15 is 0 Å². The molecule has 1 unspecified atom stereocenters. The van der Waals surface area contributed by atoms with E-state index in [0.717, 1.165) is 23.6 Å². The summed E-state index contributed by atoms with van der Waals surface area (Å²) in [6, 6.07) is 48.5. The van der Waals surface area contributed by atoms with E-state index in [1.807, 2.05) is 12.3 Å². The molecule has 2 aliphatic carbocycles. The average molecular weight is 620 g/mol. The molecule has 3 heteroatoms. The van der Waals surface area contributed by atoms with E-state index in [1.54, 1.807) is 0 Å². The summed E-state index contributed by atoms with van der Waals surface area (Å²) in [5, 5.41) is 1.30. The van der Waals surface area contributed by atoms with Crippen molar-refractivity contribution in [2.24, 2.45) is 5.92 Å². The highest BCUT2D eigenvalue weighted by atomic mass is 15.2. The molecule has 0 saturated heterocycles. The molecule has 0 radical (unpaired) electrons. The number of pyridine rings is 1. The second kappa shape index (κ2) is 11.0. The van der Waals surface area contributed by atoms with Crippen LogP contribution in [0.5, 0.6) is 0 Å². The van der Waals surface area contributed by atoms with Gasteiger partial charge >= 0.3 is 0 Å². The van der Waals surface area contributed by atoms with Gasteiger partial charge < -0.3 is 4.57 Å². The summed E-state index contributed by atoms with van der Waals surface area (Å²) in [7, 11) is 0. The maximum atomic E-state index is 4.81. The third-order valence-electron chi connectivity index (χ3n) is 10.4. The van der Waals surface area contributed by atoms with Crippen LogP contribution in [0, 0.1) is 5.92 Å². The summed E-state index contributed by atoms with van der Waals surface area (Å²) < 4.78 is 2.46. The second-order valence-corrected chi connectivity index (χ2v) is 13.8. The lowest BCUT2D eigenvalue weighted by Gasteiger charge is -2.27. The summed E-state index contributed by atoms with van der Waals surface area (Å²) in [6.45, 7) is 6.97. The zero-order valence-corrected chi connectivity index (χ0v) is 27.6. The van der Waals surface area contributed by atoms with Gasteiger partial charge in [0.15, 0.2) is 0 Å². The first kappa shape index (κ1) is 28.5. The number of nitrogens with zero attached hydrogens (tertiary/aromatic N) is 3. The van der Waals surface area contributed by atoms with Crippen LogP contribution in [0.15, 0.2) is 146 Å². The zero-order chi connectivity index (χ0) is 32.4. The molecule has 2 aliphatic rings. The molecule has 48 heavy (non-hydrogen) atoms. The fourth-order valence-corrected chi connectivity index (χ4v) is 7.97. The van der Waals surface area contributed by atoms with Crippen LogP contribution in [0.3, 0.4) is 0 Å². The van der Waals surface area contributed by atoms with Gasteiger partial charge in [0, 0.05) is 45.3 Å². The smallest absolute Gasteiger partial charge is 0.137 e. The number of fused-ring (bicyclic) bond motifs is 6. The molecule has 0 saturated carbocycles. The minimum absolute atomic E-state index is 0.0773. The Bertz CT molecular complexity index is 2340. The second-order valence-electron chi connectivity index (χ2n) is 13.8. The summed E-state index contributed by atoms with van der Waals surface area (Å²) in [5.74, 6) is 1.42. The topological polar surface area (TPSA) is 21.1 Å². The first-order chi connectivity index (χ1) is 23.5. The van der Waals surface area contributed by atoms with Crippen molar-refractivity contribution in [3.05, 3.63) is 168 Å². The SMILES string of the molecule is CC1C=Cc2c(n(-c3ccccc3)c3ccc(-c4ccc(N(c5ccc6c(c5)C(C)(C)c5ccccc5-6)c5ccccn5)cc4)cc23)C1. The number of rotatable bonds is 5. The lowest BCUT2D eigenvalue weighted by Crippen LogP contribution is -2.16. The van der Waals surface area contributed by atoms with Crippen LogP contribution < -0.4 is 4.90 Å². The van der Waals surface area contributed by atoms with E-state index in [9.17, 15) is 0 Å². The number of hydrogen-bond donors (Lipinski definition) is 0. The molecule has 9 rings (SSSR count). The Kier molecular flexibility index (Phi) is 6.52. The maximum Gasteiger partial charge on any atom is 0.137 e. The molecule has 2 heterocycles.